The number of rotatable bonds is 3. The third-order valence-electron chi connectivity index (χ3n) is 2.54. The molecular weight excluding hydrogens is 377 g/mol. The summed E-state index contributed by atoms with van der Waals surface area (Å²) in [5, 5.41) is 2.69. The van der Waals surface area contributed by atoms with Crippen molar-refractivity contribution in [2.24, 2.45) is 0 Å². The van der Waals surface area contributed by atoms with Gasteiger partial charge >= 0.3 is 0 Å². The second kappa shape index (κ2) is 6.30. The van der Waals surface area contributed by atoms with Crippen molar-refractivity contribution in [1.29, 1.82) is 0 Å². The summed E-state index contributed by atoms with van der Waals surface area (Å²) in [6.07, 6.45) is 0. The van der Waals surface area contributed by atoms with Crippen LogP contribution in [0.2, 0.25) is 0 Å². The lowest BCUT2D eigenvalue weighted by Gasteiger charge is -2.06. The van der Waals surface area contributed by atoms with Gasteiger partial charge in [0.25, 0.3) is 5.91 Å². The van der Waals surface area contributed by atoms with E-state index in [1.165, 1.54) is 12.1 Å². The van der Waals surface area contributed by atoms with Gasteiger partial charge in [0.15, 0.2) is 0 Å². The summed E-state index contributed by atoms with van der Waals surface area (Å²) in [6, 6.07) is 11.9. The molecule has 0 atom stereocenters. The topological polar surface area (TPSA) is 29.1 Å². The van der Waals surface area contributed by atoms with Gasteiger partial charge in [0.05, 0.1) is 5.56 Å². The zero-order chi connectivity index (χ0) is 13.8. The first-order chi connectivity index (χ1) is 9.06. The molecule has 0 saturated carbocycles. The molecule has 0 heterocycles. The van der Waals surface area contributed by atoms with E-state index in [4.69, 9.17) is 0 Å². The molecule has 0 aliphatic carbocycles. The predicted octanol–water partition coefficient (Wildman–Crippen LogP) is 4.28. The van der Waals surface area contributed by atoms with Gasteiger partial charge in [-0.25, -0.2) is 4.39 Å². The molecule has 0 saturated heterocycles. The molecule has 0 unspecified atom stereocenters. The van der Waals surface area contributed by atoms with E-state index in [-0.39, 0.29) is 5.56 Å². The average Bonchev–Trinajstić information content (AvgIpc) is 2.37. The van der Waals surface area contributed by atoms with E-state index in [9.17, 15) is 9.18 Å². The lowest BCUT2D eigenvalue weighted by atomic mass is 10.2. The Morgan fingerprint density at radius 3 is 2.32 bits per heavy atom. The van der Waals surface area contributed by atoms with E-state index >= 15 is 0 Å². The summed E-state index contributed by atoms with van der Waals surface area (Å²) >= 11 is 6.49. The maximum absolute atomic E-state index is 13.6. The van der Waals surface area contributed by atoms with Crippen LogP contribution < -0.4 is 5.32 Å². The first-order valence-electron chi connectivity index (χ1n) is 5.54. The first-order valence-corrected chi connectivity index (χ1v) is 7.12. The van der Waals surface area contributed by atoms with E-state index in [0.717, 1.165) is 10.0 Å². The maximum Gasteiger partial charge on any atom is 0.254 e. The fourth-order valence-corrected chi connectivity index (χ4v) is 2.15. The Labute approximate surface area is 127 Å². The Kier molecular flexibility index (Phi) is 4.71. The van der Waals surface area contributed by atoms with E-state index < -0.39 is 11.7 Å². The minimum Gasteiger partial charge on any atom is -0.348 e. The molecule has 19 heavy (non-hydrogen) atoms. The van der Waals surface area contributed by atoms with Crippen molar-refractivity contribution in [3.8, 4) is 0 Å². The quantitative estimate of drug-likeness (QED) is 0.837. The molecule has 0 bridgehead atoms. The number of hydrogen-bond acceptors (Lipinski definition) is 1. The van der Waals surface area contributed by atoms with Crippen LogP contribution in [0.5, 0.6) is 0 Å². The molecule has 0 aromatic heterocycles. The van der Waals surface area contributed by atoms with Crippen LogP contribution in [0.4, 0.5) is 4.39 Å². The Balaban J connectivity index is 2.03. The zero-order valence-electron chi connectivity index (χ0n) is 9.79. The summed E-state index contributed by atoms with van der Waals surface area (Å²) in [5.41, 5.74) is 0.995. The summed E-state index contributed by atoms with van der Waals surface area (Å²) in [4.78, 5) is 11.8. The highest BCUT2D eigenvalue weighted by molar-refractivity contribution is 9.10. The van der Waals surface area contributed by atoms with Gasteiger partial charge in [-0.05, 0) is 35.9 Å². The van der Waals surface area contributed by atoms with Crippen LogP contribution in [0.25, 0.3) is 0 Å². The highest BCUT2D eigenvalue weighted by atomic mass is 79.9. The third kappa shape index (κ3) is 3.88. The largest absolute Gasteiger partial charge is 0.348 e. The van der Waals surface area contributed by atoms with Gasteiger partial charge in [-0.2, -0.15) is 0 Å². The van der Waals surface area contributed by atoms with Crippen LogP contribution in [0.3, 0.4) is 0 Å². The predicted molar refractivity (Wildman–Crippen MR) is 79.4 cm³/mol. The average molecular weight is 387 g/mol. The van der Waals surface area contributed by atoms with Crippen LogP contribution in [0, 0.1) is 5.82 Å². The summed E-state index contributed by atoms with van der Waals surface area (Å²) < 4.78 is 15.2. The highest BCUT2D eigenvalue weighted by Gasteiger charge is 2.11. The SMILES string of the molecule is O=C(NCc1ccc(Br)cc1)c1ccc(Br)cc1F. The first kappa shape index (κ1) is 14.2. The number of benzene rings is 2. The third-order valence-corrected chi connectivity index (χ3v) is 3.56. The molecule has 0 spiro atoms. The number of nitrogens with one attached hydrogen (secondary N) is 1. The molecule has 2 rings (SSSR count). The van der Waals surface area contributed by atoms with E-state index in [2.05, 4.69) is 37.2 Å². The second-order valence-corrected chi connectivity index (χ2v) is 5.76. The Morgan fingerprint density at radius 1 is 1.05 bits per heavy atom. The summed E-state index contributed by atoms with van der Waals surface area (Å²) in [5.74, 6) is -0.962. The highest BCUT2D eigenvalue weighted by Crippen LogP contribution is 2.15. The van der Waals surface area contributed by atoms with Gasteiger partial charge in [0.1, 0.15) is 5.82 Å². The van der Waals surface area contributed by atoms with Crippen LogP contribution >= 0.6 is 31.9 Å². The van der Waals surface area contributed by atoms with Gasteiger partial charge in [-0.1, -0.05) is 44.0 Å². The van der Waals surface area contributed by atoms with Crippen molar-refractivity contribution in [1.82, 2.24) is 5.32 Å². The van der Waals surface area contributed by atoms with Crippen molar-refractivity contribution in [3.05, 3.63) is 68.4 Å². The van der Waals surface area contributed by atoms with E-state index in [1.54, 1.807) is 6.07 Å². The Hall–Kier alpha value is -1.20. The molecule has 0 aliphatic rings. The van der Waals surface area contributed by atoms with Gasteiger partial charge in [0, 0.05) is 15.5 Å². The van der Waals surface area contributed by atoms with Crippen molar-refractivity contribution in [3.63, 3.8) is 0 Å². The fourth-order valence-electron chi connectivity index (χ4n) is 1.55. The van der Waals surface area contributed by atoms with Crippen molar-refractivity contribution in [2.45, 2.75) is 6.54 Å². The standard InChI is InChI=1S/C14H10Br2FNO/c15-10-3-1-9(2-4-10)8-18-14(19)12-6-5-11(16)7-13(12)17/h1-7H,8H2,(H,18,19). The van der Waals surface area contributed by atoms with Gasteiger partial charge in [0.2, 0.25) is 0 Å². The van der Waals surface area contributed by atoms with Gasteiger partial charge in [-0.3, -0.25) is 4.79 Å². The zero-order valence-corrected chi connectivity index (χ0v) is 13.0. The molecule has 2 nitrogen and oxygen atoms in total. The molecule has 2 aromatic rings. The molecule has 1 amide bonds. The smallest absolute Gasteiger partial charge is 0.254 e. The number of halogens is 3. The van der Waals surface area contributed by atoms with Crippen molar-refractivity contribution < 1.29 is 9.18 Å². The summed E-state index contributed by atoms with van der Waals surface area (Å²) in [6.45, 7) is 0.363. The van der Waals surface area contributed by atoms with E-state index in [1.807, 2.05) is 24.3 Å². The molecule has 2 aromatic carbocycles. The lowest BCUT2D eigenvalue weighted by molar-refractivity contribution is 0.0947. The minimum atomic E-state index is -0.539. The summed E-state index contributed by atoms with van der Waals surface area (Å²) in [7, 11) is 0. The van der Waals surface area contributed by atoms with E-state index in [0.29, 0.717) is 11.0 Å². The van der Waals surface area contributed by atoms with Crippen LogP contribution in [-0.2, 0) is 6.54 Å². The van der Waals surface area contributed by atoms with Crippen LogP contribution in [0.1, 0.15) is 15.9 Å². The molecule has 0 fully saturated rings. The van der Waals surface area contributed by atoms with Gasteiger partial charge < -0.3 is 5.32 Å². The fraction of sp³-hybridized carbons (Fsp3) is 0.0714. The number of amides is 1. The number of carbonyl (C=O) groups is 1. The molecule has 0 radical (unpaired) electrons. The van der Waals surface area contributed by atoms with Crippen LogP contribution in [0.15, 0.2) is 51.4 Å². The normalized spacial score (nSPS) is 10.3. The minimum absolute atomic E-state index is 0.0420. The maximum atomic E-state index is 13.6. The molecule has 0 aliphatic heterocycles. The van der Waals surface area contributed by atoms with Crippen molar-refractivity contribution >= 4 is 37.8 Å². The van der Waals surface area contributed by atoms with Crippen LogP contribution in [-0.4, -0.2) is 5.91 Å². The van der Waals surface area contributed by atoms with Crippen molar-refractivity contribution in [2.75, 3.05) is 0 Å². The second-order valence-electron chi connectivity index (χ2n) is 3.93. The number of carbonyl (C=O) groups excluding carboxylic acids is 1. The molecule has 5 heteroatoms. The molecule has 1 N–H and O–H groups in total. The molecule has 98 valence electrons. The molecular formula is C14H10Br2FNO. The Morgan fingerprint density at radius 2 is 1.68 bits per heavy atom. The van der Waals surface area contributed by atoms with Gasteiger partial charge in [-0.15, -0.1) is 0 Å². The Bertz CT molecular complexity index is 599. The monoisotopic (exact) mass is 385 g/mol. The number of hydrogen-bond donors (Lipinski definition) is 1. The lowest BCUT2D eigenvalue weighted by Crippen LogP contribution is -2.23.